The number of nitrogen functional groups attached to an aromatic ring is 1. The molecule has 0 amide bonds. The molecule has 0 bridgehead atoms. The standard InChI is InChI=1S/C21H20F2N4O/c22-18-6-5-14(9-19(18)23)20-13-27(7-8-28-20)12-15-3-1-2-4-17(15)16-10-25-21(24)26-11-16/h1-6,9-11,20H,7-8,12-13H2,(H2,24,25,26). The first kappa shape index (κ1) is 18.5. The molecule has 0 saturated carbocycles. The lowest BCUT2D eigenvalue weighted by Crippen LogP contribution is -2.38. The molecule has 1 aliphatic heterocycles. The molecule has 2 N–H and O–H groups in total. The molecule has 1 fully saturated rings. The minimum Gasteiger partial charge on any atom is -0.371 e. The normalized spacial score (nSPS) is 17.6. The van der Waals surface area contributed by atoms with Gasteiger partial charge in [0.25, 0.3) is 0 Å². The highest BCUT2D eigenvalue weighted by molar-refractivity contribution is 5.66. The van der Waals surface area contributed by atoms with Crippen molar-refractivity contribution >= 4 is 5.95 Å². The molecule has 1 unspecified atom stereocenters. The first-order chi connectivity index (χ1) is 13.6. The first-order valence-electron chi connectivity index (χ1n) is 9.05. The Bertz CT molecular complexity index is 965. The number of benzene rings is 2. The van der Waals surface area contributed by atoms with Crippen molar-refractivity contribution in [1.82, 2.24) is 14.9 Å². The van der Waals surface area contributed by atoms with E-state index in [1.54, 1.807) is 18.5 Å². The number of rotatable bonds is 4. The van der Waals surface area contributed by atoms with Crippen LogP contribution >= 0.6 is 0 Å². The Labute approximate surface area is 161 Å². The molecule has 1 atom stereocenters. The van der Waals surface area contributed by atoms with Gasteiger partial charge in [-0.25, -0.2) is 18.7 Å². The van der Waals surface area contributed by atoms with E-state index >= 15 is 0 Å². The molecule has 7 heteroatoms. The van der Waals surface area contributed by atoms with Crippen LogP contribution in [0.4, 0.5) is 14.7 Å². The number of nitrogens with zero attached hydrogens (tertiary/aromatic N) is 3. The van der Waals surface area contributed by atoms with Crippen LogP contribution < -0.4 is 5.73 Å². The zero-order valence-corrected chi connectivity index (χ0v) is 15.2. The fraction of sp³-hybridized carbons (Fsp3) is 0.238. The molecule has 28 heavy (non-hydrogen) atoms. The second-order valence-corrected chi connectivity index (χ2v) is 6.76. The Morgan fingerprint density at radius 1 is 1.07 bits per heavy atom. The number of halogens is 2. The molecule has 144 valence electrons. The zero-order chi connectivity index (χ0) is 19.5. The van der Waals surface area contributed by atoms with Gasteiger partial charge in [0.05, 0.1) is 12.7 Å². The summed E-state index contributed by atoms with van der Waals surface area (Å²) in [7, 11) is 0. The van der Waals surface area contributed by atoms with Crippen molar-refractivity contribution in [2.75, 3.05) is 25.4 Å². The maximum atomic E-state index is 13.6. The molecular weight excluding hydrogens is 362 g/mol. The van der Waals surface area contributed by atoms with Gasteiger partial charge < -0.3 is 10.5 Å². The Balaban J connectivity index is 1.53. The molecule has 1 saturated heterocycles. The maximum Gasteiger partial charge on any atom is 0.219 e. The maximum absolute atomic E-state index is 13.6. The number of ether oxygens (including phenoxy) is 1. The molecule has 0 radical (unpaired) electrons. The van der Waals surface area contributed by atoms with Gasteiger partial charge >= 0.3 is 0 Å². The smallest absolute Gasteiger partial charge is 0.219 e. The average Bonchev–Trinajstić information content (AvgIpc) is 2.71. The molecule has 3 aromatic rings. The lowest BCUT2D eigenvalue weighted by Gasteiger charge is -2.33. The van der Waals surface area contributed by atoms with E-state index in [1.807, 2.05) is 18.2 Å². The van der Waals surface area contributed by atoms with Crippen LogP contribution in [0.1, 0.15) is 17.2 Å². The number of anilines is 1. The number of nitrogens with two attached hydrogens (primary N) is 1. The highest BCUT2D eigenvalue weighted by Crippen LogP contribution is 2.28. The summed E-state index contributed by atoms with van der Waals surface area (Å²) >= 11 is 0. The lowest BCUT2D eigenvalue weighted by atomic mass is 10.0. The molecule has 2 aromatic carbocycles. The second kappa shape index (κ2) is 8.00. The van der Waals surface area contributed by atoms with Crippen LogP contribution in [0, 0.1) is 11.6 Å². The van der Waals surface area contributed by atoms with Gasteiger partial charge in [-0.05, 0) is 28.8 Å². The highest BCUT2D eigenvalue weighted by atomic mass is 19.2. The van der Waals surface area contributed by atoms with Crippen LogP contribution in [0.2, 0.25) is 0 Å². The summed E-state index contributed by atoms with van der Waals surface area (Å²) in [4.78, 5) is 10.4. The third-order valence-corrected chi connectivity index (χ3v) is 4.86. The van der Waals surface area contributed by atoms with E-state index in [0.29, 0.717) is 25.3 Å². The fourth-order valence-electron chi connectivity index (χ4n) is 3.42. The van der Waals surface area contributed by atoms with Crippen LogP contribution in [0.25, 0.3) is 11.1 Å². The summed E-state index contributed by atoms with van der Waals surface area (Å²) in [6, 6.07) is 12.0. The van der Waals surface area contributed by atoms with Crippen LogP contribution in [0.3, 0.4) is 0 Å². The highest BCUT2D eigenvalue weighted by Gasteiger charge is 2.23. The predicted molar refractivity (Wildman–Crippen MR) is 102 cm³/mol. The Hall–Kier alpha value is -2.90. The van der Waals surface area contributed by atoms with Crippen molar-refractivity contribution in [1.29, 1.82) is 0 Å². The third-order valence-electron chi connectivity index (χ3n) is 4.86. The average molecular weight is 382 g/mol. The molecule has 2 heterocycles. The molecule has 4 rings (SSSR count). The van der Waals surface area contributed by atoms with E-state index in [-0.39, 0.29) is 12.1 Å². The number of morpholine rings is 1. The van der Waals surface area contributed by atoms with E-state index in [1.165, 1.54) is 6.07 Å². The molecule has 0 spiro atoms. The molecule has 1 aliphatic rings. The van der Waals surface area contributed by atoms with Gasteiger partial charge in [0.15, 0.2) is 11.6 Å². The van der Waals surface area contributed by atoms with Crippen LogP contribution in [-0.2, 0) is 11.3 Å². The van der Waals surface area contributed by atoms with Gasteiger partial charge in [0.2, 0.25) is 5.95 Å². The van der Waals surface area contributed by atoms with E-state index in [4.69, 9.17) is 10.5 Å². The summed E-state index contributed by atoms with van der Waals surface area (Å²) in [6.07, 6.45) is 3.13. The second-order valence-electron chi connectivity index (χ2n) is 6.76. The number of hydrogen-bond acceptors (Lipinski definition) is 5. The van der Waals surface area contributed by atoms with Crippen LogP contribution in [0.5, 0.6) is 0 Å². The Kier molecular flexibility index (Phi) is 5.27. The summed E-state index contributed by atoms with van der Waals surface area (Å²) in [6.45, 7) is 2.57. The molecule has 5 nitrogen and oxygen atoms in total. The van der Waals surface area contributed by atoms with Crippen molar-refractivity contribution in [3.8, 4) is 11.1 Å². The van der Waals surface area contributed by atoms with E-state index in [2.05, 4.69) is 20.9 Å². The molecule has 0 aliphatic carbocycles. The predicted octanol–water partition coefficient (Wildman–Crippen LogP) is 3.58. The van der Waals surface area contributed by atoms with E-state index < -0.39 is 11.6 Å². The molecule has 1 aromatic heterocycles. The topological polar surface area (TPSA) is 64.3 Å². The summed E-state index contributed by atoms with van der Waals surface area (Å²) in [5.74, 6) is -1.47. The fourth-order valence-corrected chi connectivity index (χ4v) is 3.42. The van der Waals surface area contributed by atoms with Gasteiger partial charge in [-0.3, -0.25) is 4.90 Å². The SMILES string of the molecule is Nc1ncc(-c2ccccc2CN2CCOC(c3ccc(F)c(F)c3)C2)cn1. The number of hydrogen-bond donors (Lipinski definition) is 1. The minimum atomic E-state index is -0.855. The minimum absolute atomic E-state index is 0.240. The van der Waals surface area contributed by atoms with Gasteiger partial charge in [-0.2, -0.15) is 0 Å². The Morgan fingerprint density at radius 3 is 2.64 bits per heavy atom. The quantitative estimate of drug-likeness (QED) is 0.747. The van der Waals surface area contributed by atoms with Crippen molar-refractivity contribution in [3.05, 3.63) is 77.6 Å². The summed E-state index contributed by atoms with van der Waals surface area (Å²) in [5, 5.41) is 0. The Morgan fingerprint density at radius 2 is 1.86 bits per heavy atom. The van der Waals surface area contributed by atoms with Gasteiger partial charge in [-0.15, -0.1) is 0 Å². The number of aromatic nitrogens is 2. The van der Waals surface area contributed by atoms with E-state index in [0.717, 1.165) is 29.3 Å². The van der Waals surface area contributed by atoms with Crippen molar-refractivity contribution in [3.63, 3.8) is 0 Å². The van der Waals surface area contributed by atoms with Crippen LogP contribution in [0.15, 0.2) is 54.9 Å². The van der Waals surface area contributed by atoms with Crippen molar-refractivity contribution in [2.24, 2.45) is 0 Å². The lowest BCUT2D eigenvalue weighted by molar-refractivity contribution is -0.0330. The third kappa shape index (κ3) is 4.00. The van der Waals surface area contributed by atoms with Gasteiger partial charge in [-0.1, -0.05) is 30.3 Å². The molecular formula is C21H20F2N4O. The van der Waals surface area contributed by atoms with Gasteiger partial charge in [0, 0.05) is 37.6 Å². The zero-order valence-electron chi connectivity index (χ0n) is 15.2. The van der Waals surface area contributed by atoms with Crippen LogP contribution in [-0.4, -0.2) is 34.6 Å². The largest absolute Gasteiger partial charge is 0.371 e. The first-order valence-corrected chi connectivity index (χ1v) is 9.05. The van der Waals surface area contributed by atoms with Crippen molar-refractivity contribution in [2.45, 2.75) is 12.6 Å². The van der Waals surface area contributed by atoms with Crippen molar-refractivity contribution < 1.29 is 13.5 Å². The monoisotopic (exact) mass is 382 g/mol. The summed E-state index contributed by atoms with van der Waals surface area (Å²) < 4.78 is 32.6. The van der Waals surface area contributed by atoms with E-state index in [9.17, 15) is 8.78 Å². The van der Waals surface area contributed by atoms with Gasteiger partial charge in [0.1, 0.15) is 0 Å². The summed E-state index contributed by atoms with van der Waals surface area (Å²) in [5.41, 5.74) is 9.30.